The van der Waals surface area contributed by atoms with Crippen LogP contribution in [0.3, 0.4) is 0 Å². The number of aryl methyl sites for hydroxylation is 2. The van der Waals surface area contributed by atoms with E-state index >= 15 is 0 Å². The van der Waals surface area contributed by atoms with Gasteiger partial charge in [0.2, 0.25) is 0 Å². The zero-order valence-corrected chi connectivity index (χ0v) is 11.8. The molecule has 1 aromatic carbocycles. The third kappa shape index (κ3) is 3.06. The van der Waals surface area contributed by atoms with Gasteiger partial charge in [-0.3, -0.25) is 4.79 Å². The number of anilines is 3. The Morgan fingerprint density at radius 1 is 1.20 bits per heavy atom. The van der Waals surface area contributed by atoms with Crippen LogP contribution in [0.5, 0.6) is 0 Å². The maximum Gasteiger partial charge on any atom is 0.250 e. The summed E-state index contributed by atoms with van der Waals surface area (Å²) in [6.07, 6.45) is 0. The number of carbonyl (C=O) groups is 1. The number of hydrogen-bond acceptors (Lipinski definition) is 4. The Labute approximate surface area is 118 Å². The fourth-order valence-electron chi connectivity index (χ4n) is 2.06. The van der Waals surface area contributed by atoms with Crippen LogP contribution in [0.25, 0.3) is 0 Å². The van der Waals surface area contributed by atoms with Gasteiger partial charge in [0.05, 0.1) is 11.3 Å². The molecule has 20 heavy (non-hydrogen) atoms. The first-order valence-corrected chi connectivity index (χ1v) is 6.33. The highest BCUT2D eigenvalue weighted by Crippen LogP contribution is 2.24. The van der Waals surface area contributed by atoms with Crippen LogP contribution >= 0.6 is 0 Å². The molecule has 0 aliphatic heterocycles. The minimum absolute atomic E-state index is 0.435. The van der Waals surface area contributed by atoms with Crippen molar-refractivity contribution in [3.8, 4) is 0 Å². The van der Waals surface area contributed by atoms with Gasteiger partial charge in [-0.25, -0.2) is 4.98 Å². The Hall–Kier alpha value is -2.56. The van der Waals surface area contributed by atoms with Crippen molar-refractivity contribution in [3.63, 3.8) is 0 Å². The fraction of sp³-hybridized carbons (Fsp3) is 0.200. The van der Waals surface area contributed by atoms with Gasteiger partial charge in [0.25, 0.3) is 5.91 Å². The van der Waals surface area contributed by atoms with E-state index in [0.29, 0.717) is 17.1 Å². The van der Waals surface area contributed by atoms with E-state index in [4.69, 9.17) is 5.73 Å². The summed E-state index contributed by atoms with van der Waals surface area (Å²) in [6, 6.07) is 9.24. The fourth-order valence-corrected chi connectivity index (χ4v) is 2.06. The molecule has 0 saturated carbocycles. The molecule has 0 fully saturated rings. The minimum atomic E-state index is -0.473. The standard InChI is InChI=1S/C15H18N4O/c1-9-6-10(2)18-14(7-9)19-13-8-11(17-3)4-5-12(13)15(16)20/h4-8,17H,1-3H3,(H2,16,20)(H,18,19). The third-order valence-corrected chi connectivity index (χ3v) is 2.93. The summed E-state index contributed by atoms with van der Waals surface area (Å²) in [7, 11) is 1.82. The Morgan fingerprint density at radius 3 is 2.55 bits per heavy atom. The highest BCUT2D eigenvalue weighted by molar-refractivity contribution is 5.99. The number of pyridine rings is 1. The van der Waals surface area contributed by atoms with E-state index in [-0.39, 0.29) is 0 Å². The average Bonchev–Trinajstić information content (AvgIpc) is 2.37. The molecule has 0 radical (unpaired) electrons. The highest BCUT2D eigenvalue weighted by atomic mass is 16.1. The Morgan fingerprint density at radius 2 is 1.95 bits per heavy atom. The van der Waals surface area contributed by atoms with Gasteiger partial charge < -0.3 is 16.4 Å². The quantitative estimate of drug-likeness (QED) is 0.797. The normalized spacial score (nSPS) is 10.2. The monoisotopic (exact) mass is 270 g/mol. The van der Waals surface area contributed by atoms with E-state index in [1.165, 1.54) is 0 Å². The number of hydrogen-bond donors (Lipinski definition) is 3. The second-order valence-corrected chi connectivity index (χ2v) is 4.67. The molecule has 2 rings (SSSR count). The lowest BCUT2D eigenvalue weighted by Crippen LogP contribution is -2.13. The van der Waals surface area contributed by atoms with E-state index < -0.39 is 5.91 Å². The van der Waals surface area contributed by atoms with Crippen LogP contribution in [0.1, 0.15) is 21.6 Å². The summed E-state index contributed by atoms with van der Waals surface area (Å²) < 4.78 is 0. The lowest BCUT2D eigenvalue weighted by molar-refractivity contribution is 0.100. The van der Waals surface area contributed by atoms with Crippen LogP contribution in [-0.2, 0) is 0 Å². The number of amides is 1. The second kappa shape index (κ2) is 5.61. The SMILES string of the molecule is CNc1ccc(C(N)=O)c(Nc2cc(C)cc(C)n2)c1. The van der Waals surface area contributed by atoms with Crippen LogP contribution in [0.2, 0.25) is 0 Å². The predicted octanol–water partition coefficient (Wildman–Crippen LogP) is 2.58. The van der Waals surface area contributed by atoms with E-state index in [0.717, 1.165) is 16.9 Å². The molecule has 0 atom stereocenters. The molecule has 0 unspecified atom stereocenters. The number of aromatic nitrogens is 1. The van der Waals surface area contributed by atoms with E-state index in [1.807, 2.05) is 39.1 Å². The van der Waals surface area contributed by atoms with Gasteiger partial charge in [-0.2, -0.15) is 0 Å². The highest BCUT2D eigenvalue weighted by Gasteiger charge is 2.10. The lowest BCUT2D eigenvalue weighted by atomic mass is 10.1. The van der Waals surface area contributed by atoms with Crippen molar-refractivity contribution in [2.75, 3.05) is 17.7 Å². The molecule has 0 aliphatic carbocycles. The van der Waals surface area contributed by atoms with Crippen LogP contribution in [0, 0.1) is 13.8 Å². The molecule has 4 N–H and O–H groups in total. The zero-order valence-electron chi connectivity index (χ0n) is 11.8. The molecule has 1 heterocycles. The molecule has 2 aromatic rings. The molecule has 0 spiro atoms. The van der Waals surface area contributed by atoms with Gasteiger partial charge in [0.1, 0.15) is 5.82 Å². The summed E-state index contributed by atoms with van der Waals surface area (Å²) >= 11 is 0. The topological polar surface area (TPSA) is 80.0 Å². The second-order valence-electron chi connectivity index (χ2n) is 4.67. The van der Waals surface area contributed by atoms with Gasteiger partial charge in [-0.05, 0) is 49.7 Å². The van der Waals surface area contributed by atoms with Crippen molar-refractivity contribution >= 4 is 23.1 Å². The molecule has 1 aromatic heterocycles. The number of rotatable bonds is 4. The molecule has 104 valence electrons. The van der Waals surface area contributed by atoms with Crippen molar-refractivity contribution < 1.29 is 4.79 Å². The first kappa shape index (κ1) is 13.9. The molecule has 5 nitrogen and oxygen atoms in total. The van der Waals surface area contributed by atoms with E-state index in [1.54, 1.807) is 12.1 Å². The smallest absolute Gasteiger partial charge is 0.250 e. The Balaban J connectivity index is 2.42. The Bertz CT molecular complexity index is 632. The van der Waals surface area contributed by atoms with Crippen LogP contribution in [-0.4, -0.2) is 17.9 Å². The average molecular weight is 270 g/mol. The van der Waals surface area contributed by atoms with Crippen LogP contribution in [0.4, 0.5) is 17.2 Å². The molecular weight excluding hydrogens is 252 g/mol. The minimum Gasteiger partial charge on any atom is -0.388 e. The van der Waals surface area contributed by atoms with Crippen molar-refractivity contribution in [1.29, 1.82) is 0 Å². The van der Waals surface area contributed by atoms with Gasteiger partial charge in [-0.1, -0.05) is 0 Å². The number of carbonyl (C=O) groups excluding carboxylic acids is 1. The number of nitrogens with two attached hydrogens (primary N) is 1. The maximum absolute atomic E-state index is 11.5. The van der Waals surface area contributed by atoms with E-state index in [2.05, 4.69) is 15.6 Å². The van der Waals surface area contributed by atoms with Crippen molar-refractivity contribution in [1.82, 2.24) is 4.98 Å². The summed E-state index contributed by atoms with van der Waals surface area (Å²) in [5.41, 5.74) is 9.38. The lowest BCUT2D eigenvalue weighted by Gasteiger charge is -2.12. The zero-order chi connectivity index (χ0) is 14.7. The van der Waals surface area contributed by atoms with Crippen molar-refractivity contribution in [2.45, 2.75) is 13.8 Å². The first-order valence-electron chi connectivity index (χ1n) is 6.33. The summed E-state index contributed by atoms with van der Waals surface area (Å²) in [6.45, 7) is 3.93. The molecule has 5 heteroatoms. The predicted molar refractivity (Wildman–Crippen MR) is 81.5 cm³/mol. The number of nitrogens with one attached hydrogen (secondary N) is 2. The molecule has 0 aliphatic rings. The van der Waals surface area contributed by atoms with Gasteiger partial charge in [0.15, 0.2) is 0 Å². The first-order chi connectivity index (χ1) is 9.49. The molecular formula is C15H18N4O. The Kier molecular flexibility index (Phi) is 3.89. The molecule has 0 bridgehead atoms. The largest absolute Gasteiger partial charge is 0.388 e. The van der Waals surface area contributed by atoms with Crippen molar-refractivity contribution in [2.24, 2.45) is 5.73 Å². The van der Waals surface area contributed by atoms with Gasteiger partial charge in [0, 0.05) is 18.4 Å². The van der Waals surface area contributed by atoms with Gasteiger partial charge in [-0.15, -0.1) is 0 Å². The van der Waals surface area contributed by atoms with Crippen LogP contribution in [0.15, 0.2) is 30.3 Å². The van der Waals surface area contributed by atoms with Crippen molar-refractivity contribution in [3.05, 3.63) is 47.2 Å². The summed E-state index contributed by atoms with van der Waals surface area (Å²) in [5, 5.41) is 6.19. The summed E-state index contributed by atoms with van der Waals surface area (Å²) in [4.78, 5) is 15.9. The van der Waals surface area contributed by atoms with Crippen LogP contribution < -0.4 is 16.4 Å². The van der Waals surface area contributed by atoms with Gasteiger partial charge >= 0.3 is 0 Å². The number of benzene rings is 1. The maximum atomic E-state index is 11.5. The summed E-state index contributed by atoms with van der Waals surface area (Å²) in [5.74, 6) is 0.220. The number of nitrogens with zero attached hydrogens (tertiary/aromatic N) is 1. The molecule has 1 amide bonds. The third-order valence-electron chi connectivity index (χ3n) is 2.93. The van der Waals surface area contributed by atoms with E-state index in [9.17, 15) is 4.79 Å². The molecule has 0 saturated heterocycles. The number of primary amides is 1.